The number of benzene rings is 1. The van der Waals surface area contributed by atoms with E-state index in [2.05, 4.69) is 26.1 Å². The zero-order valence-corrected chi connectivity index (χ0v) is 13.8. The summed E-state index contributed by atoms with van der Waals surface area (Å²) in [7, 11) is 1.60. The average molecular weight is 353 g/mol. The van der Waals surface area contributed by atoms with Crippen molar-refractivity contribution in [1.29, 1.82) is 0 Å². The van der Waals surface area contributed by atoms with E-state index in [1.54, 1.807) is 7.11 Å². The first-order valence-electron chi connectivity index (χ1n) is 6.67. The Balaban J connectivity index is 2.12. The van der Waals surface area contributed by atoms with Gasteiger partial charge in [0.05, 0.1) is 18.0 Å². The molecule has 0 saturated heterocycles. The summed E-state index contributed by atoms with van der Waals surface area (Å²) in [4.78, 5) is 16.0. The Morgan fingerprint density at radius 2 is 2.19 bits per heavy atom. The number of carbonyl (C=O) groups is 1. The number of ketones is 1. The van der Waals surface area contributed by atoms with E-state index in [1.165, 1.54) is 0 Å². The van der Waals surface area contributed by atoms with Crippen molar-refractivity contribution in [2.75, 3.05) is 7.11 Å². The molecule has 0 saturated carbocycles. The van der Waals surface area contributed by atoms with Crippen LogP contribution in [0.15, 0.2) is 27.2 Å². The fourth-order valence-electron chi connectivity index (χ4n) is 1.95. The maximum absolute atomic E-state index is 11.8. The summed E-state index contributed by atoms with van der Waals surface area (Å²) in [5, 5.41) is 3.92. The lowest BCUT2D eigenvalue weighted by atomic mass is 10.1. The van der Waals surface area contributed by atoms with Gasteiger partial charge in [-0.1, -0.05) is 19.0 Å². The molecule has 0 aliphatic rings. The van der Waals surface area contributed by atoms with Crippen LogP contribution in [0.3, 0.4) is 0 Å². The lowest BCUT2D eigenvalue weighted by Crippen LogP contribution is -2.06. The molecule has 0 aliphatic heterocycles. The summed E-state index contributed by atoms with van der Waals surface area (Å²) in [5.41, 5.74) is 0.800. The van der Waals surface area contributed by atoms with E-state index in [1.807, 2.05) is 32.0 Å². The molecule has 0 bridgehead atoms. The van der Waals surface area contributed by atoms with Gasteiger partial charge in [-0.15, -0.1) is 0 Å². The molecule has 1 aromatic heterocycles. The molecule has 0 fully saturated rings. The second kappa shape index (κ2) is 6.85. The van der Waals surface area contributed by atoms with Crippen molar-refractivity contribution in [2.24, 2.45) is 5.92 Å². The van der Waals surface area contributed by atoms with Crippen LogP contribution in [0.2, 0.25) is 0 Å². The monoisotopic (exact) mass is 352 g/mol. The van der Waals surface area contributed by atoms with Crippen molar-refractivity contribution in [3.63, 3.8) is 0 Å². The van der Waals surface area contributed by atoms with Crippen LogP contribution >= 0.6 is 15.9 Å². The van der Waals surface area contributed by atoms with Gasteiger partial charge >= 0.3 is 0 Å². The molecule has 0 aliphatic carbocycles. The summed E-state index contributed by atoms with van der Waals surface area (Å²) in [6, 6.07) is 5.51. The fourth-order valence-corrected chi connectivity index (χ4v) is 2.49. The van der Waals surface area contributed by atoms with E-state index in [0.717, 1.165) is 15.8 Å². The minimum absolute atomic E-state index is 0.108. The minimum Gasteiger partial charge on any atom is -0.496 e. The number of nitrogens with zero attached hydrogens (tertiary/aromatic N) is 2. The van der Waals surface area contributed by atoms with Gasteiger partial charge in [-0.05, 0) is 40.0 Å². The number of Topliss-reactive ketones (excluding diaryl/α,β-unsaturated/α-hetero) is 1. The zero-order valence-electron chi connectivity index (χ0n) is 12.2. The van der Waals surface area contributed by atoms with Crippen LogP contribution in [-0.2, 0) is 11.2 Å². The van der Waals surface area contributed by atoms with E-state index in [4.69, 9.17) is 9.26 Å². The van der Waals surface area contributed by atoms with Crippen LogP contribution in [-0.4, -0.2) is 23.0 Å². The van der Waals surface area contributed by atoms with Crippen LogP contribution in [0.25, 0.3) is 11.4 Å². The van der Waals surface area contributed by atoms with Gasteiger partial charge in [-0.3, -0.25) is 4.79 Å². The van der Waals surface area contributed by atoms with Crippen LogP contribution in [0.5, 0.6) is 5.75 Å². The number of rotatable bonds is 6. The maximum atomic E-state index is 11.8. The Labute approximate surface area is 131 Å². The number of halogens is 1. The van der Waals surface area contributed by atoms with Crippen molar-refractivity contribution in [1.82, 2.24) is 10.1 Å². The molecule has 0 radical (unpaired) electrons. The third-order valence-electron chi connectivity index (χ3n) is 2.86. The maximum Gasteiger partial charge on any atom is 0.234 e. The number of hydrogen-bond donors (Lipinski definition) is 0. The molecule has 0 atom stereocenters. The Hall–Kier alpha value is -1.69. The molecule has 0 amide bonds. The second-order valence-electron chi connectivity index (χ2n) is 5.17. The number of ether oxygens (including phenoxy) is 1. The highest BCUT2D eigenvalue weighted by Gasteiger charge is 2.14. The Morgan fingerprint density at radius 3 is 2.81 bits per heavy atom. The SMILES string of the molecule is COc1ccc(-c2noc(CC(=O)CC(C)C)n2)cc1Br. The Morgan fingerprint density at radius 1 is 1.43 bits per heavy atom. The molecule has 0 unspecified atom stereocenters. The number of methoxy groups -OCH3 is 1. The molecule has 21 heavy (non-hydrogen) atoms. The highest BCUT2D eigenvalue weighted by atomic mass is 79.9. The van der Waals surface area contributed by atoms with Crippen molar-refractivity contribution in [2.45, 2.75) is 26.7 Å². The van der Waals surface area contributed by atoms with Crippen LogP contribution in [0.4, 0.5) is 0 Å². The molecule has 2 aromatic rings. The minimum atomic E-state index is 0.108. The van der Waals surface area contributed by atoms with Gasteiger partial charge in [-0.25, -0.2) is 0 Å². The lowest BCUT2D eigenvalue weighted by molar-refractivity contribution is -0.119. The second-order valence-corrected chi connectivity index (χ2v) is 6.03. The van der Waals surface area contributed by atoms with E-state index in [-0.39, 0.29) is 12.2 Å². The van der Waals surface area contributed by atoms with Gasteiger partial charge < -0.3 is 9.26 Å². The van der Waals surface area contributed by atoms with Gasteiger partial charge in [0.2, 0.25) is 11.7 Å². The summed E-state index contributed by atoms with van der Waals surface area (Å²) in [5.74, 6) is 1.98. The summed E-state index contributed by atoms with van der Waals surface area (Å²) in [6.45, 7) is 4.01. The van der Waals surface area contributed by atoms with Gasteiger partial charge in [-0.2, -0.15) is 4.98 Å². The van der Waals surface area contributed by atoms with Gasteiger partial charge in [0.1, 0.15) is 11.5 Å². The highest BCUT2D eigenvalue weighted by Crippen LogP contribution is 2.29. The molecular formula is C15H17BrN2O3. The topological polar surface area (TPSA) is 65.2 Å². The average Bonchev–Trinajstić information content (AvgIpc) is 2.86. The van der Waals surface area contributed by atoms with Gasteiger partial charge in [0.25, 0.3) is 0 Å². The molecule has 6 heteroatoms. The molecule has 1 heterocycles. The lowest BCUT2D eigenvalue weighted by Gasteiger charge is -2.03. The molecule has 0 N–H and O–H groups in total. The van der Waals surface area contributed by atoms with Crippen molar-refractivity contribution in [3.8, 4) is 17.1 Å². The van der Waals surface area contributed by atoms with Crippen molar-refractivity contribution in [3.05, 3.63) is 28.6 Å². The first-order valence-corrected chi connectivity index (χ1v) is 7.47. The summed E-state index contributed by atoms with van der Waals surface area (Å²) < 4.78 is 11.1. The molecule has 2 rings (SSSR count). The predicted molar refractivity (Wildman–Crippen MR) is 82.2 cm³/mol. The standard InChI is InChI=1S/C15H17BrN2O3/c1-9(2)6-11(19)8-14-17-15(18-21-14)10-4-5-13(20-3)12(16)7-10/h4-5,7,9H,6,8H2,1-3H3. The van der Waals surface area contributed by atoms with Gasteiger partial charge in [0, 0.05) is 12.0 Å². The molecular weight excluding hydrogens is 336 g/mol. The molecule has 112 valence electrons. The Bertz CT molecular complexity index is 638. The van der Waals surface area contributed by atoms with E-state index >= 15 is 0 Å². The molecule has 5 nitrogen and oxygen atoms in total. The first kappa shape index (κ1) is 15.7. The predicted octanol–water partition coefficient (Wildman–Crippen LogP) is 3.67. The third-order valence-corrected chi connectivity index (χ3v) is 3.48. The zero-order chi connectivity index (χ0) is 15.4. The largest absolute Gasteiger partial charge is 0.496 e. The van der Waals surface area contributed by atoms with E-state index < -0.39 is 0 Å². The number of aromatic nitrogens is 2. The summed E-state index contributed by atoms with van der Waals surface area (Å²) in [6.07, 6.45) is 0.703. The normalized spacial score (nSPS) is 10.9. The Kier molecular flexibility index (Phi) is 5.12. The number of carbonyl (C=O) groups excluding carboxylic acids is 1. The van der Waals surface area contributed by atoms with Gasteiger partial charge in [0.15, 0.2) is 0 Å². The fraction of sp³-hybridized carbons (Fsp3) is 0.400. The van der Waals surface area contributed by atoms with E-state index in [0.29, 0.717) is 24.1 Å². The molecule has 0 spiro atoms. The first-order chi connectivity index (χ1) is 9.99. The third kappa shape index (κ3) is 4.14. The number of hydrogen-bond acceptors (Lipinski definition) is 5. The van der Waals surface area contributed by atoms with Crippen LogP contribution < -0.4 is 4.74 Å². The van der Waals surface area contributed by atoms with E-state index in [9.17, 15) is 4.79 Å². The van der Waals surface area contributed by atoms with Crippen LogP contribution in [0, 0.1) is 5.92 Å². The quantitative estimate of drug-likeness (QED) is 0.793. The molecule has 1 aromatic carbocycles. The van der Waals surface area contributed by atoms with Crippen molar-refractivity contribution < 1.29 is 14.1 Å². The smallest absolute Gasteiger partial charge is 0.234 e. The summed E-state index contributed by atoms with van der Waals surface area (Å²) >= 11 is 3.41. The van der Waals surface area contributed by atoms with Crippen molar-refractivity contribution >= 4 is 21.7 Å². The van der Waals surface area contributed by atoms with Crippen LogP contribution in [0.1, 0.15) is 26.2 Å². The highest BCUT2D eigenvalue weighted by molar-refractivity contribution is 9.10.